The summed E-state index contributed by atoms with van der Waals surface area (Å²) in [4.78, 5) is 20.7. The molecule has 0 atom stereocenters. The van der Waals surface area contributed by atoms with Gasteiger partial charge in [0.15, 0.2) is 0 Å². The molecule has 28 heavy (non-hydrogen) atoms. The van der Waals surface area contributed by atoms with Crippen LogP contribution < -0.4 is 10.1 Å². The van der Waals surface area contributed by atoms with Gasteiger partial charge >= 0.3 is 5.97 Å². The number of nitrogens with zero attached hydrogens (tertiary/aromatic N) is 2. The number of hydrogen-bond acceptors (Lipinski definition) is 6. The minimum Gasteiger partial charge on any atom is -0.497 e. The van der Waals surface area contributed by atoms with Crippen LogP contribution in [0.2, 0.25) is 0 Å². The van der Waals surface area contributed by atoms with Gasteiger partial charge in [-0.25, -0.2) is 9.78 Å². The summed E-state index contributed by atoms with van der Waals surface area (Å²) in [5.41, 5.74) is 2.90. The van der Waals surface area contributed by atoms with Crippen molar-refractivity contribution in [3.8, 4) is 16.3 Å². The molecule has 2 aromatic heterocycles. The van der Waals surface area contributed by atoms with E-state index in [0.717, 1.165) is 31.6 Å². The molecular formula is C20H14BrN3O3S. The van der Waals surface area contributed by atoms with Crippen molar-refractivity contribution in [3.63, 3.8) is 0 Å². The number of aromatic nitrogens is 2. The monoisotopic (exact) mass is 455 g/mol. The number of halogens is 1. The fourth-order valence-electron chi connectivity index (χ4n) is 2.89. The number of thiazole rings is 1. The van der Waals surface area contributed by atoms with Crippen molar-refractivity contribution in [3.05, 3.63) is 64.2 Å². The minimum atomic E-state index is -1.04. The van der Waals surface area contributed by atoms with E-state index in [9.17, 15) is 9.90 Å². The van der Waals surface area contributed by atoms with E-state index >= 15 is 0 Å². The Bertz CT molecular complexity index is 1180. The van der Waals surface area contributed by atoms with E-state index in [1.165, 1.54) is 24.5 Å². The highest BCUT2D eigenvalue weighted by molar-refractivity contribution is 9.10. The summed E-state index contributed by atoms with van der Waals surface area (Å²) in [6.45, 7) is 0. The standard InChI is InChI=1S/C20H14BrN3O3S/c1-27-12-3-5-17(14(9-12)20(25)26)24-18-13-8-11(21)2-4-16(13)23-10-15(18)19-22-6-7-28-19/h2-10H,1H3,(H,23,24)(H,25,26). The maximum absolute atomic E-state index is 11.8. The van der Waals surface area contributed by atoms with Crippen LogP contribution >= 0.6 is 27.3 Å². The highest BCUT2D eigenvalue weighted by Crippen LogP contribution is 2.38. The van der Waals surface area contributed by atoms with Crippen molar-refractivity contribution in [2.24, 2.45) is 0 Å². The van der Waals surface area contributed by atoms with Crippen LogP contribution in [-0.4, -0.2) is 28.2 Å². The zero-order valence-electron chi connectivity index (χ0n) is 14.6. The Morgan fingerprint density at radius 1 is 1.21 bits per heavy atom. The molecule has 140 valence electrons. The lowest BCUT2D eigenvalue weighted by molar-refractivity contribution is 0.0697. The van der Waals surface area contributed by atoms with Gasteiger partial charge in [0.2, 0.25) is 0 Å². The third-order valence-electron chi connectivity index (χ3n) is 4.21. The molecule has 0 spiro atoms. The second-order valence-corrected chi connectivity index (χ2v) is 7.70. The summed E-state index contributed by atoms with van der Waals surface area (Å²) in [5, 5.41) is 16.5. The van der Waals surface area contributed by atoms with Crippen molar-refractivity contribution in [1.82, 2.24) is 9.97 Å². The molecule has 0 unspecified atom stereocenters. The predicted molar refractivity (Wildman–Crippen MR) is 114 cm³/mol. The predicted octanol–water partition coefficient (Wildman–Crippen LogP) is 5.57. The lowest BCUT2D eigenvalue weighted by Crippen LogP contribution is -2.05. The van der Waals surface area contributed by atoms with Crippen LogP contribution in [-0.2, 0) is 0 Å². The summed E-state index contributed by atoms with van der Waals surface area (Å²) in [6, 6.07) is 10.7. The highest BCUT2D eigenvalue weighted by atomic mass is 79.9. The molecule has 2 aromatic carbocycles. The topological polar surface area (TPSA) is 84.3 Å². The first kappa shape index (κ1) is 18.4. The van der Waals surface area contributed by atoms with Gasteiger partial charge < -0.3 is 15.2 Å². The molecule has 0 bridgehead atoms. The van der Waals surface area contributed by atoms with Crippen molar-refractivity contribution < 1.29 is 14.6 Å². The van der Waals surface area contributed by atoms with Gasteiger partial charge in [0.1, 0.15) is 10.8 Å². The Morgan fingerprint density at radius 3 is 2.79 bits per heavy atom. The first-order chi connectivity index (χ1) is 13.6. The third-order valence-corrected chi connectivity index (χ3v) is 5.51. The van der Waals surface area contributed by atoms with Gasteiger partial charge in [-0.2, -0.15) is 0 Å². The van der Waals surface area contributed by atoms with Crippen LogP contribution in [0.5, 0.6) is 5.75 Å². The van der Waals surface area contributed by atoms with Crippen LogP contribution in [0.4, 0.5) is 11.4 Å². The van der Waals surface area contributed by atoms with Gasteiger partial charge in [-0.15, -0.1) is 11.3 Å². The van der Waals surface area contributed by atoms with Gasteiger partial charge in [-0.05, 0) is 36.4 Å². The average molecular weight is 456 g/mol. The number of methoxy groups -OCH3 is 1. The summed E-state index contributed by atoms with van der Waals surface area (Å²) >= 11 is 4.99. The SMILES string of the molecule is COc1ccc(Nc2c(-c3nccs3)cnc3ccc(Br)cc23)c(C(=O)O)c1. The minimum absolute atomic E-state index is 0.115. The first-order valence-corrected chi connectivity index (χ1v) is 9.90. The molecule has 0 aliphatic rings. The van der Waals surface area contributed by atoms with Crippen molar-refractivity contribution in [2.75, 3.05) is 12.4 Å². The maximum atomic E-state index is 11.8. The number of carboxylic acids is 1. The number of pyridine rings is 1. The van der Waals surface area contributed by atoms with Crippen LogP contribution in [0.1, 0.15) is 10.4 Å². The van der Waals surface area contributed by atoms with E-state index in [-0.39, 0.29) is 5.56 Å². The fourth-order valence-corrected chi connectivity index (χ4v) is 3.90. The molecule has 0 saturated carbocycles. The lowest BCUT2D eigenvalue weighted by atomic mass is 10.1. The number of carboxylic acid groups (broad SMARTS) is 1. The van der Waals surface area contributed by atoms with Gasteiger partial charge in [-0.1, -0.05) is 15.9 Å². The van der Waals surface area contributed by atoms with E-state index in [1.54, 1.807) is 24.5 Å². The number of hydrogen-bond donors (Lipinski definition) is 2. The maximum Gasteiger partial charge on any atom is 0.337 e. The van der Waals surface area contributed by atoms with E-state index in [0.29, 0.717) is 11.4 Å². The Balaban J connectivity index is 1.94. The molecule has 0 amide bonds. The molecule has 4 rings (SSSR count). The normalized spacial score (nSPS) is 10.8. The molecule has 0 aliphatic carbocycles. The van der Waals surface area contributed by atoms with E-state index in [1.807, 2.05) is 23.6 Å². The summed E-state index contributed by atoms with van der Waals surface area (Å²) in [7, 11) is 1.50. The van der Waals surface area contributed by atoms with Crippen LogP contribution in [0.3, 0.4) is 0 Å². The van der Waals surface area contributed by atoms with Crippen LogP contribution in [0.15, 0.2) is 58.6 Å². The smallest absolute Gasteiger partial charge is 0.337 e. The quantitative estimate of drug-likeness (QED) is 0.409. The molecule has 8 heteroatoms. The second kappa shape index (κ2) is 7.57. The van der Waals surface area contributed by atoms with Crippen molar-refractivity contribution in [2.45, 2.75) is 0 Å². The van der Waals surface area contributed by atoms with E-state index in [2.05, 4.69) is 31.2 Å². The Morgan fingerprint density at radius 2 is 2.07 bits per heavy atom. The fraction of sp³-hybridized carbons (Fsp3) is 0.0500. The molecule has 0 radical (unpaired) electrons. The second-order valence-electron chi connectivity index (χ2n) is 5.89. The molecule has 4 aromatic rings. The largest absolute Gasteiger partial charge is 0.497 e. The number of fused-ring (bicyclic) bond motifs is 1. The molecule has 6 nitrogen and oxygen atoms in total. The number of ether oxygens (including phenoxy) is 1. The number of aromatic carboxylic acids is 1. The summed E-state index contributed by atoms with van der Waals surface area (Å²) in [6.07, 6.45) is 3.48. The zero-order valence-corrected chi connectivity index (χ0v) is 17.0. The molecular weight excluding hydrogens is 442 g/mol. The zero-order chi connectivity index (χ0) is 19.7. The Kier molecular flexibility index (Phi) is 4.97. The third kappa shape index (κ3) is 3.44. The van der Waals surface area contributed by atoms with Crippen molar-refractivity contribution >= 4 is 55.5 Å². The number of anilines is 2. The molecule has 0 aliphatic heterocycles. The molecule has 0 fully saturated rings. The van der Waals surface area contributed by atoms with E-state index in [4.69, 9.17) is 4.74 Å². The van der Waals surface area contributed by atoms with E-state index < -0.39 is 5.97 Å². The Labute approximate surface area is 173 Å². The van der Waals surface area contributed by atoms with Gasteiger partial charge in [0.25, 0.3) is 0 Å². The average Bonchev–Trinajstić information content (AvgIpc) is 3.23. The van der Waals surface area contributed by atoms with Crippen LogP contribution in [0.25, 0.3) is 21.5 Å². The first-order valence-electron chi connectivity index (χ1n) is 8.23. The van der Waals surface area contributed by atoms with Gasteiger partial charge in [0, 0.05) is 27.6 Å². The molecule has 2 heterocycles. The number of carbonyl (C=O) groups is 1. The molecule has 2 N–H and O–H groups in total. The highest BCUT2D eigenvalue weighted by Gasteiger charge is 2.17. The van der Waals surface area contributed by atoms with Gasteiger partial charge in [0.05, 0.1) is 35.1 Å². The summed E-state index contributed by atoms with van der Waals surface area (Å²) < 4.78 is 6.06. The number of rotatable bonds is 5. The van der Waals surface area contributed by atoms with Gasteiger partial charge in [-0.3, -0.25) is 4.98 Å². The molecule has 0 saturated heterocycles. The van der Waals surface area contributed by atoms with Crippen LogP contribution in [0, 0.1) is 0 Å². The number of nitrogens with one attached hydrogen (secondary N) is 1. The van der Waals surface area contributed by atoms with Crippen molar-refractivity contribution in [1.29, 1.82) is 0 Å². The Hall–Kier alpha value is -2.97. The lowest BCUT2D eigenvalue weighted by Gasteiger charge is -2.16. The summed E-state index contributed by atoms with van der Waals surface area (Å²) in [5.74, 6) is -0.567. The number of benzene rings is 2.